The lowest BCUT2D eigenvalue weighted by atomic mass is 10.1. The lowest BCUT2D eigenvalue weighted by Crippen LogP contribution is -2.17. The monoisotopic (exact) mass is 876 g/mol. The maximum absolute atomic E-state index is 11.8. The second kappa shape index (κ2) is 26.4. The Morgan fingerprint density at radius 1 is 0.520 bits per heavy atom. The molecule has 300 valence electrons. The molecule has 50 heavy (non-hydrogen) atoms. The van der Waals surface area contributed by atoms with E-state index in [1.54, 1.807) is 29.7 Å². The summed E-state index contributed by atoms with van der Waals surface area (Å²) in [4.78, 5) is 11.8. The van der Waals surface area contributed by atoms with Crippen LogP contribution in [0.1, 0.15) is 136 Å². The van der Waals surface area contributed by atoms with E-state index >= 15 is 0 Å². The van der Waals surface area contributed by atoms with E-state index in [0.29, 0.717) is 49.1 Å². The van der Waals surface area contributed by atoms with Crippen LogP contribution in [0.3, 0.4) is 0 Å². The van der Waals surface area contributed by atoms with E-state index in [0.717, 1.165) is 25.7 Å². The van der Waals surface area contributed by atoms with E-state index in [9.17, 15) is 4.79 Å². The minimum atomic E-state index is -2.84. The Labute approximate surface area is 335 Å². The van der Waals surface area contributed by atoms with Crippen LogP contribution in [-0.4, -0.2) is 59.7 Å². The van der Waals surface area contributed by atoms with Crippen molar-refractivity contribution in [1.29, 1.82) is 0 Å². The van der Waals surface area contributed by atoms with Gasteiger partial charge in [0.1, 0.15) is 5.78 Å². The third-order valence-corrected chi connectivity index (χ3v) is 23.4. The average molecular weight is 877 g/mol. The number of rotatable bonds is 30. The Bertz CT molecular complexity index is 984. The van der Waals surface area contributed by atoms with Gasteiger partial charge < -0.3 is 27.1 Å². The molecule has 16 heteroatoms. The van der Waals surface area contributed by atoms with Gasteiger partial charge in [0.25, 0.3) is 0 Å². The SMILES string of the molecule is CC(=O)CCSP(=S)(OCC(C)SP(=S)(OC(C)CC(C)C)OC(C)CC(C)C)OCC(C)SP(=S)(OC(C)CC(C)C)OC(C)CC(C)C. The molecule has 0 aliphatic rings. The summed E-state index contributed by atoms with van der Waals surface area (Å²) in [7, 11) is 0. The fourth-order valence-corrected chi connectivity index (χ4v) is 23.1. The molecule has 0 aromatic rings. The zero-order chi connectivity index (χ0) is 38.9. The molecule has 6 atom stereocenters. The predicted octanol–water partition coefficient (Wildman–Crippen LogP) is 13.5. The molecule has 0 aliphatic carbocycles. The molecule has 0 saturated heterocycles. The highest BCUT2D eigenvalue weighted by molar-refractivity contribution is 8.69. The summed E-state index contributed by atoms with van der Waals surface area (Å²) >= 11 is 22.9. The second-order valence-electron chi connectivity index (χ2n) is 15.2. The summed E-state index contributed by atoms with van der Waals surface area (Å²) in [6.07, 6.45) is 3.95. The summed E-state index contributed by atoms with van der Waals surface area (Å²) in [6.45, 7) is 32.1. The molecule has 0 rings (SSSR count). The topological polar surface area (TPSA) is 72.5 Å². The van der Waals surface area contributed by atoms with Crippen molar-refractivity contribution >= 4 is 92.4 Å². The predicted molar refractivity (Wildman–Crippen MR) is 237 cm³/mol. The molecule has 0 aromatic carbocycles. The van der Waals surface area contributed by atoms with E-state index in [2.05, 4.69) is 96.9 Å². The van der Waals surface area contributed by atoms with E-state index in [1.165, 1.54) is 11.4 Å². The lowest BCUT2D eigenvalue weighted by Gasteiger charge is -2.32. The quantitative estimate of drug-likeness (QED) is 0.0644. The van der Waals surface area contributed by atoms with Crippen LogP contribution >= 0.6 is 51.2 Å². The summed E-state index contributed by atoms with van der Waals surface area (Å²) < 4.78 is 38.9. The van der Waals surface area contributed by atoms with Gasteiger partial charge in [0, 0.05) is 22.7 Å². The molecule has 7 nitrogen and oxygen atoms in total. The Balaban J connectivity index is 5.85. The number of ketones is 1. The summed E-state index contributed by atoms with van der Waals surface area (Å²) in [5.74, 6) is 2.58. The molecule has 0 aliphatic heterocycles. The van der Waals surface area contributed by atoms with Crippen LogP contribution in [0.15, 0.2) is 0 Å². The molecular formula is C34H71O7P3S6. The Hall–Kier alpha value is 2.43. The van der Waals surface area contributed by atoms with Gasteiger partial charge >= 0.3 is 0 Å². The number of hydrogen-bond donors (Lipinski definition) is 0. The normalized spacial score (nSPS) is 19.9. The molecule has 0 radical (unpaired) electrons. The fraction of sp³-hybridized carbons (Fsp3) is 0.971. The minimum Gasteiger partial charge on any atom is -0.321 e. The van der Waals surface area contributed by atoms with E-state index < -0.39 is 17.1 Å². The van der Waals surface area contributed by atoms with Gasteiger partial charge in [-0.25, -0.2) is 0 Å². The maximum Gasteiger partial charge on any atom is 0.248 e. The molecule has 0 N–H and O–H groups in total. The van der Waals surface area contributed by atoms with Gasteiger partial charge in [-0.1, -0.05) is 103 Å². The van der Waals surface area contributed by atoms with Gasteiger partial charge in [0.05, 0.1) is 37.6 Å². The molecule has 0 spiro atoms. The van der Waals surface area contributed by atoms with Crippen molar-refractivity contribution in [3.05, 3.63) is 0 Å². The number of hydrogen-bond acceptors (Lipinski definition) is 13. The Morgan fingerprint density at radius 2 is 0.800 bits per heavy atom. The first-order chi connectivity index (χ1) is 22.9. The van der Waals surface area contributed by atoms with Gasteiger partial charge in [0.15, 0.2) is 0 Å². The van der Waals surface area contributed by atoms with Crippen molar-refractivity contribution in [3.8, 4) is 0 Å². The first-order valence-electron chi connectivity index (χ1n) is 18.2. The van der Waals surface area contributed by atoms with Gasteiger partial charge in [-0.05, 0) is 119 Å². The van der Waals surface area contributed by atoms with Crippen LogP contribution in [0, 0.1) is 23.7 Å². The summed E-state index contributed by atoms with van der Waals surface area (Å²) in [5, 5.41) is -0.107. The fourth-order valence-electron chi connectivity index (χ4n) is 5.17. The average Bonchev–Trinajstić information content (AvgIpc) is 2.87. The van der Waals surface area contributed by atoms with Crippen molar-refractivity contribution in [3.63, 3.8) is 0 Å². The molecular weight excluding hydrogens is 806 g/mol. The van der Waals surface area contributed by atoms with Crippen molar-refractivity contribution in [1.82, 2.24) is 0 Å². The van der Waals surface area contributed by atoms with Crippen LogP contribution in [0.4, 0.5) is 0 Å². The van der Waals surface area contributed by atoms with Crippen molar-refractivity contribution in [2.24, 2.45) is 23.7 Å². The van der Waals surface area contributed by atoms with E-state index in [-0.39, 0.29) is 40.7 Å². The van der Waals surface area contributed by atoms with Crippen molar-refractivity contribution in [2.45, 2.75) is 171 Å². The minimum absolute atomic E-state index is 0.0169. The molecule has 0 heterocycles. The number of carbonyl (C=O) groups is 1. The van der Waals surface area contributed by atoms with Crippen LogP contribution < -0.4 is 0 Å². The van der Waals surface area contributed by atoms with Crippen LogP contribution in [-0.2, 0) is 67.4 Å². The largest absolute Gasteiger partial charge is 0.321 e. The Morgan fingerprint density at radius 3 is 1.04 bits per heavy atom. The first-order valence-corrected chi connectivity index (χ1v) is 30.7. The number of Topliss-reactive ketones (excluding diaryl/α,β-unsaturated/α-hetero) is 1. The van der Waals surface area contributed by atoms with E-state index in [1.807, 2.05) is 0 Å². The van der Waals surface area contributed by atoms with Gasteiger partial charge in [-0.2, -0.15) is 0 Å². The van der Waals surface area contributed by atoms with Gasteiger partial charge in [-0.3, -0.25) is 4.79 Å². The molecule has 0 bridgehead atoms. The van der Waals surface area contributed by atoms with Crippen LogP contribution in [0.2, 0.25) is 0 Å². The summed E-state index contributed by atoms with van der Waals surface area (Å²) in [5.41, 5.74) is -8.23. The molecule has 0 saturated carbocycles. The smallest absolute Gasteiger partial charge is 0.248 e. The highest BCUT2D eigenvalue weighted by Crippen LogP contribution is 2.68. The Kier molecular flexibility index (Phi) is 27.6. The van der Waals surface area contributed by atoms with E-state index in [4.69, 9.17) is 62.6 Å². The third-order valence-electron chi connectivity index (χ3n) is 6.71. The van der Waals surface area contributed by atoms with Crippen LogP contribution in [0.25, 0.3) is 0 Å². The first kappa shape index (κ1) is 52.4. The van der Waals surface area contributed by atoms with Gasteiger partial charge in [0.2, 0.25) is 17.1 Å². The highest BCUT2D eigenvalue weighted by atomic mass is 32.9. The second-order valence-corrected chi connectivity index (χ2v) is 34.7. The third kappa shape index (κ3) is 27.1. The van der Waals surface area contributed by atoms with Crippen molar-refractivity contribution < 1.29 is 31.9 Å². The lowest BCUT2D eigenvalue weighted by molar-refractivity contribution is -0.116. The molecule has 0 fully saturated rings. The zero-order valence-electron chi connectivity index (χ0n) is 33.6. The van der Waals surface area contributed by atoms with Gasteiger partial charge in [-0.15, -0.1) is 0 Å². The van der Waals surface area contributed by atoms with Crippen LogP contribution in [0.5, 0.6) is 0 Å². The molecule has 0 amide bonds. The molecule has 0 aromatic heterocycles. The standard InChI is InChI=1S/C34H71O7P3S6/c1-24(2)18-29(10)38-43(46,39-30(11)19-25(3)4)49-33(14)22-36-42(45,48-17-16-28(9)35)37-23-34(15)50-44(47,40-31(12)20-26(5)6)41-32(13)21-27(7)8/h24-27,29-34H,16-23H2,1-15H3. The highest BCUT2D eigenvalue weighted by Gasteiger charge is 2.33. The zero-order valence-corrected chi connectivity index (χ0v) is 41.2. The molecule has 6 unspecified atom stereocenters. The summed E-state index contributed by atoms with van der Waals surface area (Å²) in [6, 6.07) is 0. The maximum atomic E-state index is 11.8. The van der Waals surface area contributed by atoms with Crippen molar-refractivity contribution in [2.75, 3.05) is 19.0 Å². The number of carbonyl (C=O) groups excluding carboxylic acids is 1.